The molecule has 3 aromatic rings. The van der Waals surface area contributed by atoms with Gasteiger partial charge in [0.25, 0.3) is 5.91 Å². The van der Waals surface area contributed by atoms with Gasteiger partial charge in [0.15, 0.2) is 0 Å². The highest BCUT2D eigenvalue weighted by Crippen LogP contribution is 2.42. The maximum absolute atomic E-state index is 14.2. The van der Waals surface area contributed by atoms with E-state index in [1.807, 2.05) is 32.9 Å². The highest BCUT2D eigenvalue weighted by molar-refractivity contribution is 6.00. The Morgan fingerprint density at radius 3 is 2.24 bits per heavy atom. The minimum absolute atomic E-state index is 0.0373. The molecule has 2 amide bonds. The molecule has 2 fully saturated rings. The van der Waals surface area contributed by atoms with Crippen LogP contribution in [-0.2, 0) is 11.2 Å². The number of amides is 2. The third kappa shape index (κ3) is 6.60. The SMILES string of the molecule is CCc1[nH]nc(C)c1-c1ccc(NC(=O)C(NC(=O)c2ccnn2C(C)C)C(C2CCCCC2)C2CCCCC2)nc1. The van der Waals surface area contributed by atoms with Crippen molar-refractivity contribution in [1.29, 1.82) is 0 Å². The first-order valence-corrected chi connectivity index (χ1v) is 16.0. The number of aryl methyl sites for hydroxylation is 2. The van der Waals surface area contributed by atoms with E-state index in [0.717, 1.165) is 54.6 Å². The fourth-order valence-corrected chi connectivity index (χ4v) is 7.36. The molecule has 0 aromatic carbocycles. The van der Waals surface area contributed by atoms with Gasteiger partial charge in [0.1, 0.15) is 17.6 Å². The number of rotatable bonds is 10. The molecule has 1 atom stereocenters. The average Bonchev–Trinajstić information content (AvgIpc) is 3.65. The molecule has 2 saturated carbocycles. The number of carbonyl (C=O) groups is 2. The summed E-state index contributed by atoms with van der Waals surface area (Å²) >= 11 is 0. The normalized spacial score (nSPS) is 17.5. The lowest BCUT2D eigenvalue weighted by atomic mass is 9.66. The van der Waals surface area contributed by atoms with Crippen molar-refractivity contribution in [3.05, 3.63) is 47.7 Å². The molecule has 9 nitrogen and oxygen atoms in total. The Labute approximate surface area is 249 Å². The van der Waals surface area contributed by atoms with Crippen LogP contribution in [0.3, 0.4) is 0 Å². The van der Waals surface area contributed by atoms with Crippen molar-refractivity contribution in [3.8, 4) is 11.1 Å². The predicted octanol–water partition coefficient (Wildman–Crippen LogP) is 6.63. The summed E-state index contributed by atoms with van der Waals surface area (Å²) in [6.07, 6.45) is 16.0. The first-order chi connectivity index (χ1) is 20.4. The average molecular weight is 574 g/mol. The molecular formula is C33H47N7O2. The van der Waals surface area contributed by atoms with Crippen LogP contribution < -0.4 is 10.6 Å². The Morgan fingerprint density at radius 1 is 1.00 bits per heavy atom. The number of hydrogen-bond donors (Lipinski definition) is 3. The molecule has 0 spiro atoms. The number of nitrogens with zero attached hydrogens (tertiary/aromatic N) is 4. The van der Waals surface area contributed by atoms with Gasteiger partial charge in [-0.1, -0.05) is 71.1 Å². The zero-order valence-electron chi connectivity index (χ0n) is 25.7. The van der Waals surface area contributed by atoms with Gasteiger partial charge in [-0.2, -0.15) is 10.2 Å². The number of aromatic nitrogens is 5. The molecule has 0 radical (unpaired) electrons. The van der Waals surface area contributed by atoms with Crippen LogP contribution in [0.4, 0.5) is 5.82 Å². The van der Waals surface area contributed by atoms with Gasteiger partial charge < -0.3 is 10.6 Å². The molecule has 226 valence electrons. The van der Waals surface area contributed by atoms with Crippen LogP contribution in [0.5, 0.6) is 0 Å². The van der Waals surface area contributed by atoms with Crippen molar-refractivity contribution in [1.82, 2.24) is 30.3 Å². The highest BCUT2D eigenvalue weighted by Gasteiger charge is 2.41. The zero-order chi connectivity index (χ0) is 29.6. The summed E-state index contributed by atoms with van der Waals surface area (Å²) < 4.78 is 1.73. The van der Waals surface area contributed by atoms with E-state index in [1.54, 1.807) is 23.1 Å². The molecule has 9 heteroatoms. The second-order valence-corrected chi connectivity index (χ2v) is 12.5. The molecule has 5 rings (SSSR count). The number of aromatic amines is 1. The topological polar surface area (TPSA) is 118 Å². The second kappa shape index (κ2) is 13.7. The van der Waals surface area contributed by atoms with Crippen molar-refractivity contribution in [2.45, 2.75) is 110 Å². The van der Waals surface area contributed by atoms with Crippen LogP contribution in [0, 0.1) is 24.7 Å². The van der Waals surface area contributed by atoms with Crippen LogP contribution in [0.15, 0.2) is 30.6 Å². The van der Waals surface area contributed by atoms with E-state index in [2.05, 4.69) is 37.8 Å². The number of H-pyrrole nitrogens is 1. The molecule has 3 aromatic heterocycles. The lowest BCUT2D eigenvalue weighted by Crippen LogP contribution is -2.53. The first-order valence-electron chi connectivity index (χ1n) is 16.0. The molecular weight excluding hydrogens is 526 g/mol. The summed E-state index contributed by atoms with van der Waals surface area (Å²) in [5.74, 6) is 0.975. The monoisotopic (exact) mass is 573 g/mol. The van der Waals surface area contributed by atoms with Gasteiger partial charge >= 0.3 is 0 Å². The maximum Gasteiger partial charge on any atom is 0.270 e. The maximum atomic E-state index is 14.2. The molecule has 0 bridgehead atoms. The van der Waals surface area contributed by atoms with Gasteiger partial charge in [0.2, 0.25) is 5.91 Å². The summed E-state index contributed by atoms with van der Waals surface area (Å²) in [7, 11) is 0. The van der Waals surface area contributed by atoms with Gasteiger partial charge in [-0.15, -0.1) is 0 Å². The second-order valence-electron chi connectivity index (χ2n) is 12.5. The van der Waals surface area contributed by atoms with Crippen molar-refractivity contribution >= 4 is 17.6 Å². The molecule has 3 heterocycles. The summed E-state index contributed by atoms with van der Waals surface area (Å²) in [5, 5.41) is 18.2. The van der Waals surface area contributed by atoms with Crippen LogP contribution in [0.2, 0.25) is 0 Å². The zero-order valence-corrected chi connectivity index (χ0v) is 25.7. The van der Waals surface area contributed by atoms with Crippen LogP contribution in [0.25, 0.3) is 11.1 Å². The smallest absolute Gasteiger partial charge is 0.270 e. The van der Waals surface area contributed by atoms with E-state index in [0.29, 0.717) is 23.3 Å². The lowest BCUT2D eigenvalue weighted by Gasteiger charge is -2.42. The fourth-order valence-electron chi connectivity index (χ4n) is 7.36. The molecule has 3 N–H and O–H groups in total. The lowest BCUT2D eigenvalue weighted by molar-refractivity contribution is -0.121. The molecule has 1 unspecified atom stereocenters. The Hall–Kier alpha value is -3.49. The van der Waals surface area contributed by atoms with E-state index in [4.69, 9.17) is 0 Å². The van der Waals surface area contributed by atoms with E-state index in [-0.39, 0.29) is 23.8 Å². The van der Waals surface area contributed by atoms with Crippen LogP contribution in [-0.4, -0.2) is 42.8 Å². The summed E-state index contributed by atoms with van der Waals surface area (Å²) in [6, 6.07) is 4.96. The Kier molecular flexibility index (Phi) is 9.75. The van der Waals surface area contributed by atoms with Gasteiger partial charge in [0.05, 0.1) is 5.69 Å². The van der Waals surface area contributed by atoms with Gasteiger partial charge in [-0.25, -0.2) is 4.98 Å². The predicted molar refractivity (Wildman–Crippen MR) is 165 cm³/mol. The molecule has 2 aliphatic rings. The molecule has 2 aliphatic carbocycles. The van der Waals surface area contributed by atoms with Gasteiger partial charge in [-0.3, -0.25) is 19.4 Å². The number of nitrogens with one attached hydrogen (secondary N) is 3. The van der Waals surface area contributed by atoms with Crippen molar-refractivity contribution in [2.75, 3.05) is 5.32 Å². The quantitative estimate of drug-likeness (QED) is 0.252. The van der Waals surface area contributed by atoms with E-state index < -0.39 is 6.04 Å². The molecule has 42 heavy (non-hydrogen) atoms. The minimum Gasteiger partial charge on any atom is -0.339 e. The highest BCUT2D eigenvalue weighted by atomic mass is 16.2. The fraction of sp³-hybridized carbons (Fsp3) is 0.606. The summed E-state index contributed by atoms with van der Waals surface area (Å²) in [5.41, 5.74) is 4.50. The van der Waals surface area contributed by atoms with E-state index >= 15 is 0 Å². The molecule has 0 aliphatic heterocycles. The van der Waals surface area contributed by atoms with Gasteiger partial charge in [0, 0.05) is 35.3 Å². The number of carbonyl (C=O) groups excluding carboxylic acids is 2. The number of hydrogen-bond acceptors (Lipinski definition) is 5. The number of pyridine rings is 1. The minimum atomic E-state index is -0.650. The third-order valence-corrected chi connectivity index (χ3v) is 9.41. The Morgan fingerprint density at radius 2 is 1.67 bits per heavy atom. The summed E-state index contributed by atoms with van der Waals surface area (Å²) in [4.78, 5) is 32.6. The molecule has 0 saturated heterocycles. The Bertz CT molecular complexity index is 1310. The Balaban J connectivity index is 1.44. The van der Waals surface area contributed by atoms with Gasteiger partial charge in [-0.05, 0) is 63.1 Å². The third-order valence-electron chi connectivity index (χ3n) is 9.41. The standard InChI is InChI=1S/C33H47N7O2/c1-5-26-29(22(4)38-39-26)25-16-17-28(34-20-25)36-33(42)31(37-32(41)27-18-19-35-40(27)21(2)3)30(23-12-8-6-9-13-23)24-14-10-7-11-15-24/h16-21,23-24,30-31H,5-15H2,1-4H3,(H,37,41)(H,38,39)(H,34,36,42). The van der Waals surface area contributed by atoms with Crippen molar-refractivity contribution in [2.24, 2.45) is 17.8 Å². The van der Waals surface area contributed by atoms with E-state index in [9.17, 15) is 9.59 Å². The van der Waals surface area contributed by atoms with Crippen molar-refractivity contribution in [3.63, 3.8) is 0 Å². The van der Waals surface area contributed by atoms with E-state index in [1.165, 1.54) is 38.5 Å². The van der Waals surface area contributed by atoms with Crippen LogP contribution >= 0.6 is 0 Å². The largest absolute Gasteiger partial charge is 0.339 e. The first kappa shape index (κ1) is 30.0. The number of anilines is 1. The van der Waals surface area contributed by atoms with Crippen molar-refractivity contribution < 1.29 is 9.59 Å². The van der Waals surface area contributed by atoms with Crippen LogP contribution in [0.1, 0.15) is 113 Å². The summed E-state index contributed by atoms with van der Waals surface area (Å²) in [6.45, 7) is 8.08.